The molecule has 0 aliphatic heterocycles. The fraction of sp³-hybridized carbons (Fsp3) is 0. The second-order valence-electron chi connectivity index (χ2n) is 15.6. The molecule has 6 nitrogen and oxygen atoms in total. The van der Waals surface area contributed by atoms with Gasteiger partial charge in [-0.15, -0.1) is 0 Å². The zero-order chi connectivity index (χ0) is 40.0. The van der Waals surface area contributed by atoms with E-state index in [0.29, 0.717) is 17.5 Å². The number of hydrogen-bond donors (Lipinski definition) is 0. The highest BCUT2D eigenvalue weighted by Crippen LogP contribution is 2.44. The summed E-state index contributed by atoms with van der Waals surface area (Å²) < 4.78 is 11.7. The van der Waals surface area contributed by atoms with E-state index < -0.39 is 0 Å². The van der Waals surface area contributed by atoms with Crippen LogP contribution >= 0.6 is 0 Å². The van der Waals surface area contributed by atoms with Crippen molar-refractivity contribution in [3.8, 4) is 45.5 Å². The normalized spacial score (nSPS) is 11.9. The molecule has 0 amide bonds. The third-order valence-corrected chi connectivity index (χ3v) is 12.1. The molecule has 0 bridgehead atoms. The first-order chi connectivity index (χ1) is 30.2. The van der Waals surface area contributed by atoms with Crippen LogP contribution in [0.1, 0.15) is 0 Å². The van der Waals surface area contributed by atoms with E-state index in [1.165, 1.54) is 27.1 Å². The molecule has 0 radical (unpaired) electrons. The monoisotopic (exact) mass is 779 g/mol. The molecule has 6 heteroatoms. The Labute approximate surface area is 349 Å². The van der Waals surface area contributed by atoms with E-state index in [4.69, 9.17) is 19.4 Å². The van der Waals surface area contributed by atoms with Gasteiger partial charge < -0.3 is 13.6 Å². The maximum absolute atomic E-state index is 6.93. The van der Waals surface area contributed by atoms with Crippen molar-refractivity contribution in [1.29, 1.82) is 0 Å². The number of para-hydroxylation sites is 3. The second kappa shape index (κ2) is 13.1. The van der Waals surface area contributed by atoms with Crippen molar-refractivity contribution in [1.82, 2.24) is 24.1 Å². The average molecular weight is 780 g/mol. The quantitative estimate of drug-likeness (QED) is 0.175. The van der Waals surface area contributed by atoms with Gasteiger partial charge in [-0.2, -0.15) is 0 Å². The number of aromatic nitrogens is 5. The summed E-state index contributed by atoms with van der Waals surface area (Å²) >= 11 is 0. The molecule has 0 fully saturated rings. The predicted molar refractivity (Wildman–Crippen MR) is 250 cm³/mol. The summed E-state index contributed by atoms with van der Waals surface area (Å²) in [5, 5.41) is 9.12. The van der Waals surface area contributed by atoms with Crippen LogP contribution in [0.3, 0.4) is 0 Å². The van der Waals surface area contributed by atoms with Crippen molar-refractivity contribution in [2.45, 2.75) is 0 Å². The highest BCUT2D eigenvalue weighted by molar-refractivity contribution is 6.22. The molecular weight excluding hydrogens is 747 g/mol. The Kier molecular flexibility index (Phi) is 7.21. The molecule has 0 N–H and O–H groups in total. The van der Waals surface area contributed by atoms with Gasteiger partial charge in [-0.3, -0.25) is 0 Å². The van der Waals surface area contributed by atoms with E-state index in [2.05, 4.69) is 149 Å². The molecule has 61 heavy (non-hydrogen) atoms. The van der Waals surface area contributed by atoms with Gasteiger partial charge in [0.2, 0.25) is 0 Å². The summed E-state index contributed by atoms with van der Waals surface area (Å²) in [6.07, 6.45) is 0. The molecule has 0 spiro atoms. The van der Waals surface area contributed by atoms with Gasteiger partial charge in [0.1, 0.15) is 11.2 Å². The lowest BCUT2D eigenvalue weighted by molar-refractivity contribution is 0.669. The molecule has 0 aliphatic carbocycles. The first-order valence-electron chi connectivity index (χ1n) is 20.5. The van der Waals surface area contributed by atoms with E-state index in [1.807, 2.05) is 60.7 Å². The van der Waals surface area contributed by atoms with Crippen LogP contribution in [0.5, 0.6) is 0 Å². The summed E-state index contributed by atoms with van der Waals surface area (Å²) in [6, 6.07) is 70.3. The SMILES string of the molecule is c1ccc(-c2nc(-c3ccccc3)nc(-c3cc(-n4c5ccccc5c5cc6c7ccccc7n(-c7ccccc7)c6cc54)cc4c3oc3ccc5ccccc5c34)n2)cc1. The molecule has 13 rings (SSSR count). The van der Waals surface area contributed by atoms with Crippen LogP contribution in [0.25, 0.3) is 122 Å². The summed E-state index contributed by atoms with van der Waals surface area (Å²) in [4.78, 5) is 15.5. The minimum atomic E-state index is 0.537. The Morgan fingerprint density at radius 2 is 0.869 bits per heavy atom. The highest BCUT2D eigenvalue weighted by Gasteiger charge is 2.24. The third-order valence-electron chi connectivity index (χ3n) is 12.1. The molecule has 13 aromatic rings. The van der Waals surface area contributed by atoms with Gasteiger partial charge in [0.05, 0.1) is 27.6 Å². The fourth-order valence-corrected chi connectivity index (χ4v) is 9.42. The molecule has 4 aromatic heterocycles. The second-order valence-corrected chi connectivity index (χ2v) is 15.6. The summed E-state index contributed by atoms with van der Waals surface area (Å²) in [5.74, 6) is 1.73. The highest BCUT2D eigenvalue weighted by atomic mass is 16.3. The third kappa shape index (κ3) is 5.12. The van der Waals surface area contributed by atoms with E-state index >= 15 is 0 Å². The van der Waals surface area contributed by atoms with Gasteiger partial charge in [-0.1, -0.05) is 146 Å². The van der Waals surface area contributed by atoms with Gasteiger partial charge in [0.25, 0.3) is 0 Å². The van der Waals surface area contributed by atoms with E-state index in [-0.39, 0.29) is 0 Å². The lowest BCUT2D eigenvalue weighted by Crippen LogP contribution is -2.01. The van der Waals surface area contributed by atoms with Crippen LogP contribution in [0.4, 0.5) is 0 Å². The van der Waals surface area contributed by atoms with Crippen molar-refractivity contribution in [2.24, 2.45) is 0 Å². The van der Waals surface area contributed by atoms with Crippen LogP contribution in [0.2, 0.25) is 0 Å². The van der Waals surface area contributed by atoms with Gasteiger partial charge in [0, 0.05) is 54.8 Å². The minimum Gasteiger partial charge on any atom is -0.455 e. The summed E-state index contributed by atoms with van der Waals surface area (Å²) in [5.41, 5.74) is 10.8. The van der Waals surface area contributed by atoms with Gasteiger partial charge in [-0.25, -0.2) is 15.0 Å². The Balaban J connectivity index is 1.17. The topological polar surface area (TPSA) is 61.7 Å². The zero-order valence-electron chi connectivity index (χ0n) is 32.7. The standard InChI is InChI=1S/C55H33N5O/c1-4-17-35(18-5-1)53-56-54(36-19-6-2-7-20-36)58-55(57-53)45-31-38(30-44-51-39-23-11-10-16-34(39)28-29-50(51)61-52(44)45)60-47-27-15-13-25-41(47)43-32-42-40-24-12-14-26-46(40)59(48(42)33-49(43)60)37-21-8-3-9-22-37/h1-33H. The van der Waals surface area contributed by atoms with Gasteiger partial charge in [0.15, 0.2) is 17.5 Å². The lowest BCUT2D eigenvalue weighted by atomic mass is 10.0. The average Bonchev–Trinajstić information content (AvgIpc) is 3.98. The van der Waals surface area contributed by atoms with Crippen molar-refractivity contribution < 1.29 is 4.42 Å². The fourth-order valence-electron chi connectivity index (χ4n) is 9.42. The van der Waals surface area contributed by atoms with Crippen molar-refractivity contribution >= 4 is 76.3 Å². The van der Waals surface area contributed by atoms with Crippen LogP contribution in [0.15, 0.2) is 205 Å². The number of hydrogen-bond acceptors (Lipinski definition) is 4. The van der Waals surface area contributed by atoms with Crippen molar-refractivity contribution in [3.05, 3.63) is 200 Å². The molecule has 4 heterocycles. The van der Waals surface area contributed by atoms with Crippen LogP contribution in [-0.2, 0) is 0 Å². The Hall–Kier alpha value is -8.35. The Morgan fingerprint density at radius 1 is 0.344 bits per heavy atom. The minimum absolute atomic E-state index is 0.537. The van der Waals surface area contributed by atoms with E-state index in [9.17, 15) is 0 Å². The van der Waals surface area contributed by atoms with E-state index in [0.717, 1.165) is 77.3 Å². The van der Waals surface area contributed by atoms with Crippen molar-refractivity contribution in [2.75, 3.05) is 0 Å². The number of furan rings is 1. The summed E-state index contributed by atoms with van der Waals surface area (Å²) in [6.45, 7) is 0. The smallest absolute Gasteiger partial charge is 0.167 e. The number of benzene rings is 9. The molecule has 284 valence electrons. The number of fused-ring (bicyclic) bond motifs is 11. The van der Waals surface area contributed by atoms with Crippen LogP contribution in [-0.4, -0.2) is 24.1 Å². The lowest BCUT2D eigenvalue weighted by Gasteiger charge is -2.13. The molecule has 0 aliphatic rings. The van der Waals surface area contributed by atoms with Gasteiger partial charge in [-0.05, 0) is 65.4 Å². The Bertz CT molecular complexity index is 3810. The molecule has 0 saturated heterocycles. The molecule has 9 aromatic carbocycles. The Morgan fingerprint density at radius 3 is 1.51 bits per heavy atom. The molecule has 0 atom stereocenters. The maximum atomic E-state index is 6.93. The maximum Gasteiger partial charge on any atom is 0.167 e. The molecule has 0 unspecified atom stereocenters. The summed E-state index contributed by atoms with van der Waals surface area (Å²) in [7, 11) is 0. The number of rotatable bonds is 5. The van der Waals surface area contributed by atoms with Crippen molar-refractivity contribution in [3.63, 3.8) is 0 Å². The zero-order valence-corrected chi connectivity index (χ0v) is 32.7. The largest absolute Gasteiger partial charge is 0.455 e. The first kappa shape index (κ1) is 33.6. The molecule has 0 saturated carbocycles. The molecular formula is C55H33N5O. The van der Waals surface area contributed by atoms with Crippen LogP contribution < -0.4 is 0 Å². The number of nitrogens with zero attached hydrogens (tertiary/aromatic N) is 5. The van der Waals surface area contributed by atoms with Crippen LogP contribution in [0, 0.1) is 0 Å². The van der Waals surface area contributed by atoms with E-state index in [1.54, 1.807) is 0 Å². The first-order valence-corrected chi connectivity index (χ1v) is 20.5. The predicted octanol–water partition coefficient (Wildman–Crippen LogP) is 14.1. The van der Waals surface area contributed by atoms with Gasteiger partial charge >= 0.3 is 0 Å².